The number of aliphatic hydroxyl groups is 1. The topological polar surface area (TPSA) is 68.4 Å². The average Bonchev–Trinajstić information content (AvgIpc) is 2.82. The van der Waals surface area contributed by atoms with Crippen molar-refractivity contribution in [3.63, 3.8) is 0 Å². The Morgan fingerprint density at radius 2 is 2.04 bits per heavy atom. The molecule has 1 aromatic heterocycles. The molecule has 2 amide bonds. The number of aromatic nitrogens is 1. The molecule has 24 heavy (non-hydrogen) atoms. The van der Waals surface area contributed by atoms with Crippen molar-refractivity contribution in [1.82, 2.24) is 15.2 Å². The third kappa shape index (κ3) is 4.19. The normalized spacial score (nSPS) is 13.1. The molecule has 0 bridgehead atoms. The molecule has 8 heteroatoms. The molecule has 0 radical (unpaired) electrons. The standard InChI is InChI=1S/C16H20F3N3O2/c1-10-11(12-5-3-4-6-13(12)21-10)7-8-20-15(24)22(2)9-14(23)16(17,18)19/h3-6,14,21,23H,7-9H2,1-2H3,(H,20,24)/t14-/m1/s1. The molecule has 2 rings (SSSR count). The van der Waals surface area contributed by atoms with E-state index in [4.69, 9.17) is 5.11 Å². The SMILES string of the molecule is Cc1[nH]c2ccccc2c1CCNC(=O)N(C)C[C@@H](O)C(F)(F)F. The van der Waals surface area contributed by atoms with Crippen molar-refractivity contribution in [2.45, 2.75) is 25.6 Å². The highest BCUT2D eigenvalue weighted by atomic mass is 19.4. The van der Waals surface area contributed by atoms with E-state index in [1.165, 1.54) is 7.05 Å². The van der Waals surface area contributed by atoms with Gasteiger partial charge in [-0.2, -0.15) is 13.2 Å². The lowest BCUT2D eigenvalue weighted by atomic mass is 10.1. The van der Waals surface area contributed by atoms with Crippen molar-refractivity contribution in [2.24, 2.45) is 0 Å². The Kier molecular flexibility index (Phi) is 5.38. The van der Waals surface area contributed by atoms with Gasteiger partial charge in [-0.15, -0.1) is 0 Å². The zero-order valence-corrected chi connectivity index (χ0v) is 13.4. The number of fused-ring (bicyclic) bond motifs is 1. The molecule has 1 atom stereocenters. The molecule has 0 aliphatic rings. The minimum Gasteiger partial charge on any atom is -0.382 e. The third-order valence-electron chi connectivity index (χ3n) is 3.85. The van der Waals surface area contributed by atoms with Crippen molar-refractivity contribution >= 4 is 16.9 Å². The number of aromatic amines is 1. The molecule has 2 aromatic rings. The Bertz CT molecular complexity index is 712. The van der Waals surface area contributed by atoms with Crippen LogP contribution in [0, 0.1) is 6.92 Å². The second-order valence-corrected chi connectivity index (χ2v) is 5.69. The summed E-state index contributed by atoms with van der Waals surface area (Å²) >= 11 is 0. The van der Waals surface area contributed by atoms with Crippen LogP contribution in [0.4, 0.5) is 18.0 Å². The van der Waals surface area contributed by atoms with E-state index < -0.39 is 24.9 Å². The van der Waals surface area contributed by atoms with Gasteiger partial charge in [0.25, 0.3) is 0 Å². The van der Waals surface area contributed by atoms with E-state index in [0.717, 1.165) is 27.1 Å². The van der Waals surface area contributed by atoms with Crippen molar-refractivity contribution in [3.05, 3.63) is 35.5 Å². The van der Waals surface area contributed by atoms with Gasteiger partial charge in [0.05, 0.1) is 6.54 Å². The van der Waals surface area contributed by atoms with Crippen LogP contribution >= 0.6 is 0 Å². The fraction of sp³-hybridized carbons (Fsp3) is 0.438. The lowest BCUT2D eigenvalue weighted by molar-refractivity contribution is -0.205. The van der Waals surface area contributed by atoms with E-state index in [0.29, 0.717) is 6.42 Å². The summed E-state index contributed by atoms with van der Waals surface area (Å²) in [6.45, 7) is 1.42. The van der Waals surface area contributed by atoms with Gasteiger partial charge in [-0.3, -0.25) is 0 Å². The van der Waals surface area contributed by atoms with Crippen molar-refractivity contribution in [3.8, 4) is 0 Å². The summed E-state index contributed by atoms with van der Waals surface area (Å²) in [4.78, 5) is 15.9. The van der Waals surface area contributed by atoms with Crippen molar-refractivity contribution in [2.75, 3.05) is 20.1 Å². The second kappa shape index (κ2) is 7.12. The van der Waals surface area contributed by atoms with Gasteiger partial charge >= 0.3 is 12.2 Å². The Balaban J connectivity index is 1.89. The van der Waals surface area contributed by atoms with Crippen LogP contribution in [0.25, 0.3) is 10.9 Å². The Labute approximate surface area is 137 Å². The van der Waals surface area contributed by atoms with Crippen molar-refractivity contribution < 1.29 is 23.1 Å². The number of likely N-dealkylation sites (N-methyl/N-ethyl adjacent to an activating group) is 1. The summed E-state index contributed by atoms with van der Waals surface area (Å²) in [7, 11) is 1.21. The summed E-state index contributed by atoms with van der Waals surface area (Å²) in [6, 6.07) is 7.11. The maximum absolute atomic E-state index is 12.3. The van der Waals surface area contributed by atoms with Crippen LogP contribution in [-0.4, -0.2) is 53.4 Å². The van der Waals surface area contributed by atoms with Crippen LogP contribution in [-0.2, 0) is 6.42 Å². The maximum Gasteiger partial charge on any atom is 0.416 e. The van der Waals surface area contributed by atoms with Gasteiger partial charge in [0, 0.05) is 30.2 Å². The summed E-state index contributed by atoms with van der Waals surface area (Å²) in [5.74, 6) is 0. The number of carbonyl (C=O) groups is 1. The number of hydrogen-bond acceptors (Lipinski definition) is 2. The molecule has 1 aromatic carbocycles. The summed E-state index contributed by atoms with van der Waals surface area (Å²) < 4.78 is 36.9. The minimum absolute atomic E-state index is 0.286. The van der Waals surface area contributed by atoms with Gasteiger partial charge in [-0.25, -0.2) is 4.79 Å². The molecule has 0 fully saturated rings. The first kappa shape index (κ1) is 18.1. The first-order valence-corrected chi connectivity index (χ1v) is 7.50. The lowest BCUT2D eigenvalue weighted by Gasteiger charge is -2.22. The highest BCUT2D eigenvalue weighted by Gasteiger charge is 2.39. The number of aryl methyl sites for hydroxylation is 1. The van der Waals surface area contributed by atoms with Crippen LogP contribution < -0.4 is 5.32 Å². The van der Waals surface area contributed by atoms with Gasteiger partial charge < -0.3 is 20.3 Å². The third-order valence-corrected chi connectivity index (χ3v) is 3.85. The summed E-state index contributed by atoms with van der Waals surface area (Å²) in [5, 5.41) is 12.6. The molecule has 0 spiro atoms. The number of rotatable bonds is 5. The summed E-state index contributed by atoms with van der Waals surface area (Å²) in [6.07, 6.45) is -6.74. The smallest absolute Gasteiger partial charge is 0.382 e. The number of H-pyrrole nitrogens is 1. The lowest BCUT2D eigenvalue weighted by Crippen LogP contribution is -2.45. The van der Waals surface area contributed by atoms with Crippen LogP contribution in [0.15, 0.2) is 24.3 Å². The van der Waals surface area contributed by atoms with E-state index in [1.807, 2.05) is 31.2 Å². The number of halogens is 3. The predicted octanol–water partition coefficient (Wildman–Crippen LogP) is 2.58. The summed E-state index contributed by atoms with van der Waals surface area (Å²) in [5.41, 5.74) is 3.05. The molecule has 132 valence electrons. The van der Waals surface area contributed by atoms with Gasteiger partial charge in [0.2, 0.25) is 0 Å². The monoisotopic (exact) mass is 343 g/mol. The molecule has 0 saturated carbocycles. The number of benzene rings is 1. The first-order chi connectivity index (χ1) is 11.2. The van der Waals surface area contributed by atoms with E-state index >= 15 is 0 Å². The maximum atomic E-state index is 12.3. The van der Waals surface area contributed by atoms with E-state index in [1.54, 1.807) is 0 Å². The van der Waals surface area contributed by atoms with Crippen LogP contribution in [0.2, 0.25) is 0 Å². The average molecular weight is 343 g/mol. The number of amides is 2. The number of nitrogens with zero attached hydrogens (tertiary/aromatic N) is 1. The first-order valence-electron chi connectivity index (χ1n) is 7.50. The van der Waals surface area contributed by atoms with E-state index in [-0.39, 0.29) is 6.54 Å². The van der Waals surface area contributed by atoms with Gasteiger partial charge in [0.15, 0.2) is 6.10 Å². The molecule has 0 aliphatic carbocycles. The molecule has 0 saturated heterocycles. The molecular weight excluding hydrogens is 323 g/mol. The molecule has 3 N–H and O–H groups in total. The fourth-order valence-electron chi connectivity index (χ4n) is 2.53. The van der Waals surface area contributed by atoms with Gasteiger partial charge in [-0.05, 0) is 25.0 Å². The Morgan fingerprint density at radius 1 is 1.38 bits per heavy atom. The van der Waals surface area contributed by atoms with E-state index in [9.17, 15) is 18.0 Å². The second-order valence-electron chi connectivity index (χ2n) is 5.69. The number of aliphatic hydroxyl groups excluding tert-OH is 1. The number of carbonyl (C=O) groups excluding carboxylic acids is 1. The minimum atomic E-state index is -4.74. The quantitative estimate of drug-likeness (QED) is 0.781. The largest absolute Gasteiger partial charge is 0.416 e. The van der Waals surface area contributed by atoms with Gasteiger partial charge in [-0.1, -0.05) is 18.2 Å². The van der Waals surface area contributed by atoms with E-state index in [2.05, 4.69) is 10.3 Å². The zero-order valence-electron chi connectivity index (χ0n) is 13.4. The molecular formula is C16H20F3N3O2. The molecule has 1 heterocycles. The number of alkyl halides is 3. The zero-order chi connectivity index (χ0) is 17.9. The van der Waals surface area contributed by atoms with Crippen LogP contribution in [0.3, 0.4) is 0 Å². The highest BCUT2D eigenvalue weighted by Crippen LogP contribution is 2.22. The molecule has 0 unspecified atom stereocenters. The Morgan fingerprint density at radius 3 is 2.71 bits per heavy atom. The van der Waals surface area contributed by atoms with Crippen LogP contribution in [0.5, 0.6) is 0 Å². The van der Waals surface area contributed by atoms with Crippen LogP contribution in [0.1, 0.15) is 11.3 Å². The molecule has 0 aliphatic heterocycles. The van der Waals surface area contributed by atoms with Crippen molar-refractivity contribution in [1.29, 1.82) is 0 Å². The number of urea groups is 1. The predicted molar refractivity (Wildman–Crippen MR) is 84.8 cm³/mol. The highest BCUT2D eigenvalue weighted by molar-refractivity contribution is 5.84. The number of hydrogen-bond donors (Lipinski definition) is 3. The fourth-order valence-corrected chi connectivity index (χ4v) is 2.53. The number of para-hydroxylation sites is 1. The molecule has 5 nitrogen and oxygen atoms in total. The Hall–Kier alpha value is -2.22. The van der Waals surface area contributed by atoms with Gasteiger partial charge in [0.1, 0.15) is 0 Å². The number of nitrogens with one attached hydrogen (secondary N) is 2.